The molecule has 7 atom stereocenters. The molecule has 5 N–H and O–H groups in total. The van der Waals surface area contributed by atoms with Crippen molar-refractivity contribution >= 4 is 28.0 Å². The number of hydrogen-bond donors (Lipinski definition) is 5. The fraction of sp³-hybridized carbons (Fsp3) is 0.875. The lowest BCUT2D eigenvalue weighted by Gasteiger charge is -2.38. The van der Waals surface area contributed by atoms with E-state index in [-0.39, 0.29) is 31.3 Å². The van der Waals surface area contributed by atoms with Gasteiger partial charge in [-0.1, -0.05) is 33.1 Å². The van der Waals surface area contributed by atoms with E-state index in [9.17, 15) is 32.5 Å². The second-order valence-electron chi connectivity index (χ2n) is 11.2. The van der Waals surface area contributed by atoms with Crippen LogP contribution in [0.1, 0.15) is 71.6 Å². The zero-order chi connectivity index (χ0) is 26.5. The van der Waals surface area contributed by atoms with Gasteiger partial charge in [0.05, 0.1) is 12.6 Å². The number of ether oxygens (including phenoxy) is 1. The van der Waals surface area contributed by atoms with Crippen molar-refractivity contribution in [2.24, 2.45) is 29.6 Å². The molecular weight excluding hydrogens is 490 g/mol. The van der Waals surface area contributed by atoms with Gasteiger partial charge in [-0.3, -0.25) is 14.1 Å². The Hall–Kier alpha value is -1.92. The van der Waals surface area contributed by atoms with Gasteiger partial charge in [-0.05, 0) is 62.2 Å². The highest BCUT2D eigenvalue weighted by atomic mass is 32.2. The molecular formula is C24H41N3O8S. The summed E-state index contributed by atoms with van der Waals surface area (Å²) in [4.78, 5) is 37.6. The third-order valence-corrected chi connectivity index (χ3v) is 8.61. The third kappa shape index (κ3) is 8.31. The van der Waals surface area contributed by atoms with E-state index in [4.69, 9.17) is 4.74 Å². The normalized spacial score (nSPS) is 28.6. The topological polar surface area (TPSA) is 171 Å². The second kappa shape index (κ2) is 12.6. The van der Waals surface area contributed by atoms with Gasteiger partial charge >= 0.3 is 6.09 Å². The Morgan fingerprint density at radius 2 is 1.78 bits per heavy atom. The number of hydrogen-bond acceptors (Lipinski definition) is 7. The average Bonchev–Trinajstić information content (AvgIpc) is 3.19. The summed E-state index contributed by atoms with van der Waals surface area (Å²) in [5.41, 5.74) is -2.31. The van der Waals surface area contributed by atoms with Gasteiger partial charge in [-0.15, -0.1) is 0 Å². The largest absolute Gasteiger partial charge is 0.449 e. The van der Waals surface area contributed by atoms with Gasteiger partial charge in [0.15, 0.2) is 0 Å². The van der Waals surface area contributed by atoms with Crippen molar-refractivity contribution in [2.45, 2.75) is 89.2 Å². The van der Waals surface area contributed by atoms with Gasteiger partial charge in [0.1, 0.15) is 6.04 Å². The molecule has 206 valence electrons. The first-order chi connectivity index (χ1) is 16.9. The maximum atomic E-state index is 13.1. The number of rotatable bonds is 11. The maximum Gasteiger partial charge on any atom is 0.407 e. The highest BCUT2D eigenvalue weighted by Gasteiger charge is 2.38. The van der Waals surface area contributed by atoms with Crippen LogP contribution in [-0.2, 0) is 24.4 Å². The lowest BCUT2D eigenvalue weighted by Crippen LogP contribution is -2.55. The van der Waals surface area contributed by atoms with Gasteiger partial charge in [-0.2, -0.15) is 8.42 Å². The van der Waals surface area contributed by atoms with E-state index in [0.717, 1.165) is 12.8 Å². The number of amides is 3. The molecule has 0 radical (unpaired) electrons. The number of aliphatic hydroxyl groups excluding tert-OH is 1. The van der Waals surface area contributed by atoms with E-state index < -0.39 is 45.6 Å². The van der Waals surface area contributed by atoms with Crippen molar-refractivity contribution in [1.29, 1.82) is 0 Å². The van der Waals surface area contributed by atoms with Gasteiger partial charge in [0, 0.05) is 12.5 Å². The van der Waals surface area contributed by atoms with Gasteiger partial charge < -0.3 is 25.8 Å². The molecule has 1 aliphatic heterocycles. The van der Waals surface area contributed by atoms with Gasteiger partial charge in [0.25, 0.3) is 10.1 Å². The fourth-order valence-electron chi connectivity index (χ4n) is 6.00. The third-order valence-electron chi connectivity index (χ3n) is 7.67. The Labute approximate surface area is 213 Å². The van der Waals surface area contributed by atoms with E-state index in [2.05, 4.69) is 16.0 Å². The number of alkyl carbamates (subject to hydrolysis) is 1. The Kier molecular flexibility index (Phi) is 9.99. The smallest absolute Gasteiger partial charge is 0.407 e. The number of aliphatic hydroxyl groups is 1. The molecule has 0 aromatic carbocycles. The SMILES string of the molecule is CC(C)C[C@H](NC(=O)OCC1C[C@H]2CCC[C@@H](C1)C2)C(=O)N[C@@H](C[C@@H]1CCNC1=O)[C@@H](O)S(=O)(=O)O. The van der Waals surface area contributed by atoms with Crippen LogP contribution in [0, 0.1) is 29.6 Å². The van der Waals surface area contributed by atoms with Crippen molar-refractivity contribution < 1.29 is 37.2 Å². The van der Waals surface area contributed by atoms with Crippen molar-refractivity contribution in [3.63, 3.8) is 0 Å². The molecule has 3 fully saturated rings. The van der Waals surface area contributed by atoms with Crippen molar-refractivity contribution in [3.05, 3.63) is 0 Å². The molecule has 2 bridgehead atoms. The lowest BCUT2D eigenvalue weighted by molar-refractivity contribution is -0.126. The van der Waals surface area contributed by atoms with Crippen LogP contribution in [0.25, 0.3) is 0 Å². The van der Waals surface area contributed by atoms with Crippen LogP contribution in [0.5, 0.6) is 0 Å². The summed E-state index contributed by atoms with van der Waals surface area (Å²) in [5.74, 6) is 0.0445. The minimum absolute atomic E-state index is 0.00401. The number of carbonyl (C=O) groups excluding carboxylic acids is 3. The van der Waals surface area contributed by atoms with Crippen LogP contribution < -0.4 is 16.0 Å². The summed E-state index contributed by atoms with van der Waals surface area (Å²) >= 11 is 0. The Morgan fingerprint density at radius 3 is 2.33 bits per heavy atom. The van der Waals surface area contributed by atoms with Crippen molar-refractivity contribution in [2.75, 3.05) is 13.2 Å². The molecule has 3 rings (SSSR count). The zero-order valence-electron chi connectivity index (χ0n) is 21.1. The molecule has 36 heavy (non-hydrogen) atoms. The summed E-state index contributed by atoms with van der Waals surface area (Å²) in [6.45, 7) is 4.41. The number of fused-ring (bicyclic) bond motifs is 2. The molecule has 11 nitrogen and oxygen atoms in total. The first-order valence-corrected chi connectivity index (χ1v) is 14.6. The molecule has 1 unspecified atom stereocenters. The standard InChI is InChI=1S/C24H41N3O8S/c1-14(2)8-19(27-24(31)35-13-17-10-15-4-3-5-16(9-15)11-17)22(29)26-20(23(30)36(32,33)34)12-18-6-7-25-21(18)28/h14-20,23,30H,3-13H2,1-2H3,(H,25,28)(H,26,29)(H,27,31)(H,32,33,34)/t15-,16+,17?,18-,19-,20-,23-/m0/s1. The van der Waals surface area contributed by atoms with Crippen LogP contribution in [0.4, 0.5) is 4.79 Å². The maximum absolute atomic E-state index is 13.1. The summed E-state index contributed by atoms with van der Waals surface area (Å²) in [6.07, 6.45) is 6.83. The van der Waals surface area contributed by atoms with Gasteiger partial charge in [0.2, 0.25) is 17.3 Å². The van der Waals surface area contributed by atoms with Crippen LogP contribution >= 0.6 is 0 Å². The number of carbonyl (C=O) groups is 3. The lowest BCUT2D eigenvalue weighted by atomic mass is 9.68. The Morgan fingerprint density at radius 1 is 1.11 bits per heavy atom. The Balaban J connectivity index is 1.59. The van der Waals surface area contributed by atoms with Crippen LogP contribution in [0.2, 0.25) is 0 Å². The molecule has 12 heteroatoms. The van der Waals surface area contributed by atoms with E-state index in [1.807, 2.05) is 13.8 Å². The minimum atomic E-state index is -4.91. The second-order valence-corrected chi connectivity index (χ2v) is 12.7. The molecule has 3 amide bonds. The molecule has 1 heterocycles. The summed E-state index contributed by atoms with van der Waals surface area (Å²) in [7, 11) is -4.91. The monoisotopic (exact) mass is 531 g/mol. The van der Waals surface area contributed by atoms with E-state index in [1.54, 1.807) is 0 Å². The van der Waals surface area contributed by atoms with Gasteiger partial charge in [-0.25, -0.2) is 4.79 Å². The van der Waals surface area contributed by atoms with E-state index in [1.165, 1.54) is 25.7 Å². The summed E-state index contributed by atoms with van der Waals surface area (Å²) in [6, 6.07) is -2.48. The zero-order valence-corrected chi connectivity index (χ0v) is 22.0. The quantitative estimate of drug-likeness (QED) is 0.250. The predicted molar refractivity (Wildman–Crippen MR) is 131 cm³/mol. The highest BCUT2D eigenvalue weighted by Crippen LogP contribution is 2.42. The number of nitrogens with one attached hydrogen (secondary N) is 3. The first kappa shape index (κ1) is 28.6. The molecule has 1 saturated heterocycles. The molecule has 3 aliphatic rings. The minimum Gasteiger partial charge on any atom is -0.449 e. The highest BCUT2D eigenvalue weighted by molar-refractivity contribution is 7.86. The predicted octanol–water partition coefficient (Wildman–Crippen LogP) is 1.56. The molecule has 0 aromatic rings. The Bertz CT molecular complexity index is 884. The van der Waals surface area contributed by atoms with E-state index in [0.29, 0.717) is 30.7 Å². The molecule has 2 saturated carbocycles. The van der Waals surface area contributed by atoms with Crippen molar-refractivity contribution in [3.8, 4) is 0 Å². The first-order valence-electron chi connectivity index (χ1n) is 13.1. The summed E-state index contributed by atoms with van der Waals surface area (Å²) in [5, 5.41) is 17.8. The van der Waals surface area contributed by atoms with Crippen LogP contribution in [0.15, 0.2) is 0 Å². The average molecular weight is 532 g/mol. The van der Waals surface area contributed by atoms with Crippen LogP contribution in [0.3, 0.4) is 0 Å². The fourth-order valence-corrected chi connectivity index (χ4v) is 6.59. The molecule has 2 aliphatic carbocycles. The molecule has 0 spiro atoms. The van der Waals surface area contributed by atoms with E-state index >= 15 is 0 Å². The molecule has 0 aromatic heterocycles. The van der Waals surface area contributed by atoms with Crippen LogP contribution in [-0.4, -0.2) is 66.7 Å². The van der Waals surface area contributed by atoms with Crippen molar-refractivity contribution in [1.82, 2.24) is 16.0 Å². The summed E-state index contributed by atoms with van der Waals surface area (Å²) < 4.78 is 38.1.